The number of hydrogen-bond donors (Lipinski definition) is 1. The summed E-state index contributed by atoms with van der Waals surface area (Å²) in [4.78, 5) is 26.2. The number of aromatic hydroxyl groups is 1. The van der Waals surface area contributed by atoms with E-state index in [1.807, 2.05) is 24.3 Å². The highest BCUT2D eigenvalue weighted by molar-refractivity contribution is 9.10. The molecule has 128 valence electrons. The molecule has 5 nitrogen and oxygen atoms in total. The van der Waals surface area contributed by atoms with Gasteiger partial charge in [0.15, 0.2) is 11.5 Å². The van der Waals surface area contributed by atoms with Crippen molar-refractivity contribution < 1.29 is 19.4 Å². The number of phenolic OH excluding ortho intramolecular Hbond substituents is 1. The van der Waals surface area contributed by atoms with Crippen molar-refractivity contribution in [3.63, 3.8) is 0 Å². The predicted octanol–water partition coefficient (Wildman–Crippen LogP) is 4.40. The Morgan fingerprint density at radius 1 is 1.20 bits per heavy atom. The molecule has 1 fully saturated rings. The average molecular weight is 420 g/mol. The maximum absolute atomic E-state index is 12.5. The van der Waals surface area contributed by atoms with Crippen LogP contribution in [0.4, 0.5) is 4.79 Å². The molecule has 7 heteroatoms. The van der Waals surface area contributed by atoms with E-state index in [2.05, 4.69) is 15.9 Å². The van der Waals surface area contributed by atoms with Crippen molar-refractivity contribution in [2.24, 2.45) is 0 Å². The lowest BCUT2D eigenvalue weighted by Gasteiger charge is -2.12. The Morgan fingerprint density at radius 3 is 2.56 bits per heavy atom. The molecule has 0 spiro atoms. The lowest BCUT2D eigenvalue weighted by atomic mass is 10.1. The molecule has 0 atom stereocenters. The fourth-order valence-corrected chi connectivity index (χ4v) is 3.46. The Kier molecular flexibility index (Phi) is 5.15. The molecule has 2 aromatic carbocycles. The highest BCUT2D eigenvalue weighted by atomic mass is 79.9. The van der Waals surface area contributed by atoms with Gasteiger partial charge in [-0.1, -0.05) is 34.1 Å². The van der Waals surface area contributed by atoms with Gasteiger partial charge in [-0.3, -0.25) is 14.5 Å². The normalized spacial score (nSPS) is 15.9. The largest absolute Gasteiger partial charge is 0.504 e. The molecule has 1 saturated heterocycles. The molecule has 1 aliphatic rings. The standard InChI is InChI=1S/C18H14BrNO4S/c1-24-15-7-4-12(8-14(15)21)9-16-17(22)20(18(23)25-16)10-11-2-5-13(19)6-3-11/h2-9,21H,10H2,1H3/b16-9-. The first-order valence-corrected chi connectivity index (χ1v) is 8.95. The van der Waals surface area contributed by atoms with E-state index in [0.717, 1.165) is 21.8 Å². The van der Waals surface area contributed by atoms with Crippen LogP contribution in [-0.2, 0) is 11.3 Å². The number of thioether (sulfide) groups is 1. The van der Waals surface area contributed by atoms with E-state index in [4.69, 9.17) is 4.74 Å². The lowest BCUT2D eigenvalue weighted by molar-refractivity contribution is -0.123. The van der Waals surface area contributed by atoms with Crippen molar-refractivity contribution in [1.29, 1.82) is 0 Å². The van der Waals surface area contributed by atoms with E-state index >= 15 is 0 Å². The zero-order valence-electron chi connectivity index (χ0n) is 13.2. The average Bonchev–Trinajstić information content (AvgIpc) is 2.84. The summed E-state index contributed by atoms with van der Waals surface area (Å²) in [6.07, 6.45) is 1.59. The van der Waals surface area contributed by atoms with Crippen molar-refractivity contribution in [2.45, 2.75) is 6.54 Å². The number of methoxy groups -OCH3 is 1. The summed E-state index contributed by atoms with van der Waals surface area (Å²) in [6.45, 7) is 0.225. The summed E-state index contributed by atoms with van der Waals surface area (Å²) in [6, 6.07) is 12.3. The number of phenols is 1. The molecular weight excluding hydrogens is 406 g/mol. The maximum Gasteiger partial charge on any atom is 0.293 e. The second kappa shape index (κ2) is 7.33. The Bertz CT molecular complexity index is 864. The molecule has 1 N–H and O–H groups in total. The second-order valence-electron chi connectivity index (χ2n) is 5.33. The molecule has 2 amide bonds. The summed E-state index contributed by atoms with van der Waals surface area (Å²) < 4.78 is 5.93. The van der Waals surface area contributed by atoms with Crippen LogP contribution in [0.2, 0.25) is 0 Å². The SMILES string of the molecule is COc1ccc(/C=C2\SC(=O)N(Cc3ccc(Br)cc3)C2=O)cc1O. The van der Waals surface area contributed by atoms with Gasteiger partial charge in [-0.2, -0.15) is 0 Å². The molecule has 1 heterocycles. The van der Waals surface area contributed by atoms with Crippen molar-refractivity contribution in [1.82, 2.24) is 4.90 Å². The number of hydrogen-bond acceptors (Lipinski definition) is 5. The van der Waals surface area contributed by atoms with E-state index < -0.39 is 0 Å². The number of carbonyl (C=O) groups excluding carboxylic acids is 2. The van der Waals surface area contributed by atoms with E-state index in [1.165, 1.54) is 18.1 Å². The van der Waals surface area contributed by atoms with Crippen molar-refractivity contribution in [3.8, 4) is 11.5 Å². The first-order chi connectivity index (χ1) is 12.0. The molecule has 0 saturated carbocycles. The van der Waals surface area contributed by atoms with Gasteiger partial charge in [0.1, 0.15) is 0 Å². The molecular formula is C18H14BrNO4S. The minimum atomic E-state index is -0.340. The van der Waals surface area contributed by atoms with Gasteiger partial charge in [0.25, 0.3) is 11.1 Å². The fourth-order valence-electron chi connectivity index (χ4n) is 2.36. The fraction of sp³-hybridized carbons (Fsp3) is 0.111. The topological polar surface area (TPSA) is 66.8 Å². The molecule has 0 aliphatic carbocycles. The van der Waals surface area contributed by atoms with E-state index in [9.17, 15) is 14.7 Å². The molecule has 25 heavy (non-hydrogen) atoms. The van der Waals surface area contributed by atoms with Crippen LogP contribution in [0, 0.1) is 0 Å². The molecule has 0 aromatic heterocycles. The molecule has 3 rings (SSSR count). The Balaban J connectivity index is 1.80. The van der Waals surface area contributed by atoms with E-state index in [0.29, 0.717) is 16.2 Å². The van der Waals surface area contributed by atoms with Crippen LogP contribution < -0.4 is 4.74 Å². The van der Waals surface area contributed by atoms with Gasteiger partial charge in [0.2, 0.25) is 0 Å². The Morgan fingerprint density at radius 2 is 1.92 bits per heavy atom. The predicted molar refractivity (Wildman–Crippen MR) is 100 cm³/mol. The molecule has 0 bridgehead atoms. The van der Waals surface area contributed by atoms with Crippen molar-refractivity contribution >= 4 is 44.9 Å². The van der Waals surface area contributed by atoms with E-state index in [1.54, 1.807) is 18.2 Å². The van der Waals surface area contributed by atoms with Gasteiger partial charge in [0, 0.05) is 4.47 Å². The highest BCUT2D eigenvalue weighted by Crippen LogP contribution is 2.35. The van der Waals surface area contributed by atoms with Crippen molar-refractivity contribution in [3.05, 3.63) is 63.0 Å². The van der Waals surface area contributed by atoms with Gasteiger partial charge in [0.05, 0.1) is 18.6 Å². The minimum absolute atomic E-state index is 0.0228. The molecule has 0 radical (unpaired) electrons. The highest BCUT2D eigenvalue weighted by Gasteiger charge is 2.34. The number of halogens is 1. The molecule has 0 unspecified atom stereocenters. The van der Waals surface area contributed by atoms with Crippen LogP contribution in [0.15, 0.2) is 51.8 Å². The smallest absolute Gasteiger partial charge is 0.293 e. The maximum atomic E-state index is 12.5. The molecule has 1 aliphatic heterocycles. The Hall–Kier alpha value is -2.25. The minimum Gasteiger partial charge on any atom is -0.504 e. The monoisotopic (exact) mass is 419 g/mol. The number of ether oxygens (including phenoxy) is 1. The zero-order chi connectivity index (χ0) is 18.0. The van der Waals surface area contributed by atoms with Gasteiger partial charge >= 0.3 is 0 Å². The summed E-state index contributed by atoms with van der Waals surface area (Å²) in [7, 11) is 1.46. The van der Waals surface area contributed by atoms with Crippen LogP contribution in [-0.4, -0.2) is 28.3 Å². The number of benzene rings is 2. The van der Waals surface area contributed by atoms with Gasteiger partial charge in [-0.15, -0.1) is 0 Å². The third-order valence-electron chi connectivity index (χ3n) is 3.63. The van der Waals surface area contributed by atoms with Gasteiger partial charge in [-0.05, 0) is 53.2 Å². The van der Waals surface area contributed by atoms with Crippen molar-refractivity contribution in [2.75, 3.05) is 7.11 Å². The Labute approximate surface area is 157 Å². The number of imide groups is 1. The summed E-state index contributed by atoms with van der Waals surface area (Å²) >= 11 is 4.25. The van der Waals surface area contributed by atoms with Crippen LogP contribution in [0.25, 0.3) is 6.08 Å². The first-order valence-electron chi connectivity index (χ1n) is 7.35. The summed E-state index contributed by atoms with van der Waals surface area (Å²) in [5.74, 6) is -0.0148. The molecule has 2 aromatic rings. The number of nitrogens with zero attached hydrogens (tertiary/aromatic N) is 1. The lowest BCUT2D eigenvalue weighted by Crippen LogP contribution is -2.27. The van der Waals surface area contributed by atoms with Crippen LogP contribution >= 0.6 is 27.7 Å². The third-order valence-corrected chi connectivity index (χ3v) is 5.06. The van der Waals surface area contributed by atoms with Crippen LogP contribution in [0.3, 0.4) is 0 Å². The van der Waals surface area contributed by atoms with Gasteiger partial charge < -0.3 is 9.84 Å². The number of carbonyl (C=O) groups is 2. The quantitative estimate of drug-likeness (QED) is 0.743. The first kappa shape index (κ1) is 17.6. The second-order valence-corrected chi connectivity index (χ2v) is 7.23. The van der Waals surface area contributed by atoms with E-state index in [-0.39, 0.29) is 23.4 Å². The summed E-state index contributed by atoms with van der Waals surface area (Å²) in [5.41, 5.74) is 1.49. The van der Waals surface area contributed by atoms with Crippen LogP contribution in [0.5, 0.6) is 11.5 Å². The summed E-state index contributed by atoms with van der Waals surface area (Å²) in [5, 5.41) is 9.52. The van der Waals surface area contributed by atoms with Gasteiger partial charge in [-0.25, -0.2) is 0 Å². The number of amides is 2. The third kappa shape index (κ3) is 3.88. The zero-order valence-corrected chi connectivity index (χ0v) is 15.6. The van der Waals surface area contributed by atoms with Crippen LogP contribution in [0.1, 0.15) is 11.1 Å². The number of rotatable bonds is 4.